The number of H-pyrrole nitrogens is 1. The number of rotatable bonds is 4. The minimum absolute atomic E-state index is 0.00920. The van der Waals surface area contributed by atoms with Gasteiger partial charge < -0.3 is 15.2 Å². The number of piperidine rings is 1. The Kier molecular flexibility index (Phi) is 4.16. The fourth-order valence-electron chi connectivity index (χ4n) is 3.87. The number of amides is 1. The topological polar surface area (TPSA) is 73.9 Å². The molecule has 2 fully saturated rings. The van der Waals surface area contributed by atoms with Crippen LogP contribution in [0.25, 0.3) is 11.0 Å². The van der Waals surface area contributed by atoms with Crippen molar-refractivity contribution in [2.75, 3.05) is 11.9 Å². The number of halogens is 2. The van der Waals surface area contributed by atoms with Crippen LogP contribution in [-0.2, 0) is 4.79 Å². The first kappa shape index (κ1) is 17.9. The van der Waals surface area contributed by atoms with E-state index in [-0.39, 0.29) is 24.4 Å². The number of aromatic amines is 1. The Bertz CT molecular complexity index is 909. The Morgan fingerprint density at radius 2 is 2.15 bits per heavy atom. The number of nitrogens with zero attached hydrogens (tertiary/aromatic N) is 3. The zero-order valence-corrected chi connectivity index (χ0v) is 15.4. The van der Waals surface area contributed by atoms with Gasteiger partial charge in [-0.15, -0.1) is 0 Å². The molecule has 144 valence electrons. The van der Waals surface area contributed by atoms with Gasteiger partial charge in [0.1, 0.15) is 17.8 Å². The third-order valence-corrected chi connectivity index (χ3v) is 5.55. The maximum absolute atomic E-state index is 13.6. The Morgan fingerprint density at radius 1 is 1.41 bits per heavy atom. The zero-order chi connectivity index (χ0) is 19.3. The Balaban J connectivity index is 1.59. The Morgan fingerprint density at radius 3 is 2.81 bits per heavy atom. The number of nitrogens with one attached hydrogen (secondary N) is 2. The van der Waals surface area contributed by atoms with Crippen molar-refractivity contribution >= 4 is 22.8 Å². The summed E-state index contributed by atoms with van der Waals surface area (Å²) in [6.07, 6.45) is 4.60. The highest BCUT2D eigenvalue weighted by molar-refractivity contribution is 5.93. The van der Waals surface area contributed by atoms with Crippen molar-refractivity contribution in [1.29, 1.82) is 0 Å². The van der Waals surface area contributed by atoms with Crippen LogP contribution in [0.5, 0.6) is 0 Å². The van der Waals surface area contributed by atoms with Crippen LogP contribution in [0, 0.1) is 0 Å². The van der Waals surface area contributed by atoms with Crippen molar-refractivity contribution in [3.8, 4) is 0 Å². The van der Waals surface area contributed by atoms with E-state index in [1.807, 2.05) is 11.8 Å². The summed E-state index contributed by atoms with van der Waals surface area (Å²) < 4.78 is 27.2. The van der Waals surface area contributed by atoms with E-state index in [1.165, 1.54) is 6.33 Å². The number of aromatic nitrogens is 3. The standard InChI is InChI=1S/C19H23F2N5O/c1-10(2)18(27)26-8-12(5-4-11(26)3)25-17-15-13(14-6-19(14,20)21)7-22-16(15)23-9-24-17/h7,9,11-12,14H,1,4-6,8H2,2-3H3,(H2,22,23,24,25)/t11-,12+,14-/m0/s1. The molecule has 0 spiro atoms. The molecule has 27 heavy (non-hydrogen) atoms. The van der Waals surface area contributed by atoms with Crippen LogP contribution in [0.2, 0.25) is 0 Å². The summed E-state index contributed by atoms with van der Waals surface area (Å²) in [6, 6.07) is 0.135. The van der Waals surface area contributed by atoms with Crippen LogP contribution in [0.15, 0.2) is 24.7 Å². The molecule has 4 rings (SSSR count). The summed E-state index contributed by atoms with van der Waals surface area (Å²) >= 11 is 0. The van der Waals surface area contributed by atoms with Crippen molar-refractivity contribution < 1.29 is 13.6 Å². The molecule has 1 aliphatic heterocycles. The van der Waals surface area contributed by atoms with Gasteiger partial charge in [-0.1, -0.05) is 6.58 Å². The molecule has 1 amide bonds. The van der Waals surface area contributed by atoms with Gasteiger partial charge in [-0.2, -0.15) is 0 Å². The van der Waals surface area contributed by atoms with Gasteiger partial charge in [0.05, 0.1) is 11.3 Å². The zero-order valence-electron chi connectivity index (χ0n) is 15.4. The minimum Gasteiger partial charge on any atom is -0.365 e. The van der Waals surface area contributed by atoms with Crippen LogP contribution < -0.4 is 5.32 Å². The molecule has 2 aliphatic rings. The molecule has 0 radical (unpaired) electrons. The molecule has 8 heteroatoms. The Hall–Kier alpha value is -2.51. The van der Waals surface area contributed by atoms with Crippen molar-refractivity contribution in [2.45, 2.75) is 57.0 Å². The number of hydrogen-bond acceptors (Lipinski definition) is 4. The van der Waals surface area contributed by atoms with Gasteiger partial charge in [-0.05, 0) is 32.3 Å². The number of hydrogen-bond donors (Lipinski definition) is 2. The number of carbonyl (C=O) groups excluding carboxylic acids is 1. The van der Waals surface area contributed by atoms with Crippen LogP contribution in [-0.4, -0.2) is 50.3 Å². The first-order valence-electron chi connectivity index (χ1n) is 9.20. The molecule has 1 saturated heterocycles. The van der Waals surface area contributed by atoms with E-state index in [0.717, 1.165) is 12.8 Å². The van der Waals surface area contributed by atoms with Gasteiger partial charge in [-0.3, -0.25) is 4.79 Å². The molecule has 6 nitrogen and oxygen atoms in total. The quantitative estimate of drug-likeness (QED) is 0.803. The second-order valence-electron chi connectivity index (χ2n) is 7.71. The predicted octanol–water partition coefficient (Wildman–Crippen LogP) is 3.45. The number of fused-ring (bicyclic) bond motifs is 1. The third kappa shape index (κ3) is 3.17. The fraction of sp³-hybridized carbons (Fsp3) is 0.526. The lowest BCUT2D eigenvalue weighted by molar-refractivity contribution is -0.130. The van der Waals surface area contributed by atoms with Crippen LogP contribution in [0.1, 0.15) is 44.6 Å². The summed E-state index contributed by atoms with van der Waals surface area (Å²) in [5.74, 6) is -2.96. The molecule has 2 aromatic rings. The normalized spacial score (nSPS) is 26.8. The molecule has 3 atom stereocenters. The minimum atomic E-state index is -2.66. The number of anilines is 1. The van der Waals surface area contributed by atoms with E-state index in [9.17, 15) is 13.6 Å². The molecule has 0 aromatic carbocycles. The molecule has 2 N–H and O–H groups in total. The van der Waals surface area contributed by atoms with E-state index >= 15 is 0 Å². The van der Waals surface area contributed by atoms with E-state index < -0.39 is 11.8 Å². The summed E-state index contributed by atoms with van der Waals surface area (Å²) in [6.45, 7) is 8.01. The third-order valence-electron chi connectivity index (χ3n) is 5.55. The van der Waals surface area contributed by atoms with E-state index in [2.05, 4.69) is 26.8 Å². The second-order valence-corrected chi connectivity index (χ2v) is 7.71. The van der Waals surface area contributed by atoms with Gasteiger partial charge in [0.15, 0.2) is 0 Å². The maximum Gasteiger partial charge on any atom is 0.256 e. The molecule has 0 bridgehead atoms. The molecule has 2 aromatic heterocycles. The highest BCUT2D eigenvalue weighted by Crippen LogP contribution is 2.57. The molecule has 0 unspecified atom stereocenters. The van der Waals surface area contributed by atoms with E-state index in [0.29, 0.717) is 34.5 Å². The van der Waals surface area contributed by atoms with E-state index in [4.69, 9.17) is 0 Å². The van der Waals surface area contributed by atoms with Gasteiger partial charge >= 0.3 is 0 Å². The average Bonchev–Trinajstić information content (AvgIpc) is 3.05. The molecule has 1 aliphatic carbocycles. The lowest BCUT2D eigenvalue weighted by Crippen LogP contribution is -2.50. The van der Waals surface area contributed by atoms with Gasteiger partial charge in [0, 0.05) is 36.8 Å². The van der Waals surface area contributed by atoms with Crippen molar-refractivity contribution in [2.24, 2.45) is 0 Å². The van der Waals surface area contributed by atoms with Crippen LogP contribution in [0.4, 0.5) is 14.6 Å². The van der Waals surface area contributed by atoms with Gasteiger partial charge in [-0.25, -0.2) is 18.7 Å². The summed E-state index contributed by atoms with van der Waals surface area (Å²) in [5, 5.41) is 3.99. The van der Waals surface area contributed by atoms with Gasteiger partial charge in [0.2, 0.25) is 5.91 Å². The van der Waals surface area contributed by atoms with Crippen LogP contribution in [0.3, 0.4) is 0 Å². The number of alkyl halides is 2. The molecular weight excluding hydrogens is 352 g/mol. The summed E-state index contributed by atoms with van der Waals surface area (Å²) in [4.78, 5) is 25.6. The highest BCUT2D eigenvalue weighted by Gasteiger charge is 2.58. The van der Waals surface area contributed by atoms with Crippen molar-refractivity contribution in [3.05, 3.63) is 30.2 Å². The predicted molar refractivity (Wildman–Crippen MR) is 98.8 cm³/mol. The lowest BCUT2D eigenvalue weighted by atomic mass is 9.98. The summed E-state index contributed by atoms with van der Waals surface area (Å²) in [7, 11) is 0. The SMILES string of the molecule is C=C(C)C(=O)N1C[C@H](Nc2ncnc3[nH]cc([C@@H]4CC4(F)F)c23)CC[C@@H]1C. The Labute approximate surface area is 156 Å². The smallest absolute Gasteiger partial charge is 0.256 e. The van der Waals surface area contributed by atoms with Crippen molar-refractivity contribution in [1.82, 2.24) is 19.9 Å². The van der Waals surface area contributed by atoms with Gasteiger partial charge in [0.25, 0.3) is 5.92 Å². The monoisotopic (exact) mass is 375 g/mol. The van der Waals surface area contributed by atoms with Crippen LogP contribution >= 0.6 is 0 Å². The molecule has 1 saturated carbocycles. The average molecular weight is 375 g/mol. The lowest BCUT2D eigenvalue weighted by Gasteiger charge is -2.38. The number of likely N-dealkylation sites (tertiary alicyclic amines) is 1. The molecular formula is C19H23F2N5O. The first-order valence-corrected chi connectivity index (χ1v) is 9.20. The molecule has 3 heterocycles. The first-order chi connectivity index (χ1) is 12.8. The maximum atomic E-state index is 13.6. The largest absolute Gasteiger partial charge is 0.365 e. The highest BCUT2D eigenvalue weighted by atomic mass is 19.3. The summed E-state index contributed by atoms with van der Waals surface area (Å²) in [5.41, 5.74) is 1.61. The van der Waals surface area contributed by atoms with Crippen molar-refractivity contribution in [3.63, 3.8) is 0 Å². The fourth-order valence-corrected chi connectivity index (χ4v) is 3.87. The number of carbonyl (C=O) groups is 1. The van der Waals surface area contributed by atoms with E-state index in [1.54, 1.807) is 13.1 Å². The second kappa shape index (κ2) is 6.28.